The fraction of sp³-hybridized carbons (Fsp3) is 0. The average Bonchev–Trinajstić information content (AvgIpc) is 3.21. The standard InChI is InChI=1S/C30H20BN/c1-2-10-21(11-3-1)22-12-8-13-23(20-22)31-26-16-5-7-19-29(26)32-28-18-6-4-14-24(28)25-15-9-17-27(31)30(25)32/h1-20H. The van der Waals surface area contributed by atoms with Crippen LogP contribution in [0.1, 0.15) is 0 Å². The lowest BCUT2D eigenvalue weighted by molar-refractivity contribution is 1.19. The summed E-state index contributed by atoms with van der Waals surface area (Å²) in [7, 11) is 0. The molecule has 0 spiro atoms. The maximum atomic E-state index is 2.47. The Morgan fingerprint density at radius 2 is 1.19 bits per heavy atom. The van der Waals surface area contributed by atoms with Gasteiger partial charge in [-0.25, -0.2) is 0 Å². The first-order valence-corrected chi connectivity index (χ1v) is 11.2. The summed E-state index contributed by atoms with van der Waals surface area (Å²) in [4.78, 5) is 0. The van der Waals surface area contributed by atoms with Crippen molar-refractivity contribution in [1.82, 2.24) is 4.57 Å². The van der Waals surface area contributed by atoms with E-state index in [2.05, 4.69) is 126 Å². The summed E-state index contributed by atoms with van der Waals surface area (Å²) < 4.78 is 2.47. The maximum absolute atomic E-state index is 2.47. The second-order valence-electron chi connectivity index (χ2n) is 8.58. The molecule has 148 valence electrons. The molecule has 5 aromatic carbocycles. The Hall–Kier alpha value is -4.04. The molecule has 0 radical (unpaired) electrons. The number of benzene rings is 5. The zero-order chi connectivity index (χ0) is 21.1. The summed E-state index contributed by atoms with van der Waals surface area (Å²) >= 11 is 0. The molecule has 0 saturated heterocycles. The molecule has 0 atom stereocenters. The predicted octanol–water partition coefficient (Wildman–Crippen LogP) is 5.28. The summed E-state index contributed by atoms with van der Waals surface area (Å²) in [5.41, 5.74) is 10.5. The Kier molecular flexibility index (Phi) is 3.71. The van der Waals surface area contributed by atoms with Crippen LogP contribution in [0.15, 0.2) is 121 Å². The van der Waals surface area contributed by atoms with Crippen molar-refractivity contribution in [2.24, 2.45) is 0 Å². The van der Waals surface area contributed by atoms with Crippen molar-refractivity contribution in [3.63, 3.8) is 0 Å². The Morgan fingerprint density at radius 1 is 0.500 bits per heavy atom. The van der Waals surface area contributed by atoms with Crippen LogP contribution in [-0.2, 0) is 0 Å². The highest BCUT2D eigenvalue weighted by molar-refractivity contribution is 6.98. The molecule has 32 heavy (non-hydrogen) atoms. The van der Waals surface area contributed by atoms with Gasteiger partial charge in [-0.15, -0.1) is 0 Å². The predicted molar refractivity (Wildman–Crippen MR) is 137 cm³/mol. The van der Waals surface area contributed by atoms with Gasteiger partial charge in [-0.05, 0) is 34.2 Å². The first-order valence-electron chi connectivity index (χ1n) is 11.2. The Bertz CT molecular complexity index is 1630. The van der Waals surface area contributed by atoms with Crippen molar-refractivity contribution in [2.45, 2.75) is 0 Å². The molecule has 0 saturated carbocycles. The lowest BCUT2D eigenvalue weighted by Crippen LogP contribution is -2.55. The molecule has 0 bridgehead atoms. The molecule has 2 heteroatoms. The van der Waals surface area contributed by atoms with Crippen molar-refractivity contribution in [3.8, 4) is 16.8 Å². The summed E-state index contributed by atoms with van der Waals surface area (Å²) in [5, 5.41) is 2.65. The van der Waals surface area contributed by atoms with Crippen LogP contribution in [0.3, 0.4) is 0 Å². The summed E-state index contributed by atoms with van der Waals surface area (Å²) in [5.74, 6) is 0. The molecule has 1 aliphatic rings. The molecule has 6 aromatic rings. The smallest absolute Gasteiger partial charge is 0.246 e. The number of nitrogens with zero attached hydrogens (tertiary/aromatic N) is 1. The third-order valence-corrected chi connectivity index (χ3v) is 6.85. The zero-order valence-electron chi connectivity index (χ0n) is 17.6. The largest absolute Gasteiger partial charge is 0.310 e. The van der Waals surface area contributed by atoms with Crippen LogP contribution in [0.5, 0.6) is 0 Å². The normalized spacial score (nSPS) is 12.3. The van der Waals surface area contributed by atoms with Crippen molar-refractivity contribution in [1.29, 1.82) is 0 Å². The minimum absolute atomic E-state index is 0.204. The van der Waals surface area contributed by atoms with Gasteiger partial charge in [0.05, 0.1) is 5.52 Å². The van der Waals surface area contributed by atoms with E-state index in [4.69, 9.17) is 0 Å². The van der Waals surface area contributed by atoms with Crippen LogP contribution >= 0.6 is 0 Å². The molecule has 1 aliphatic heterocycles. The van der Waals surface area contributed by atoms with Crippen molar-refractivity contribution in [3.05, 3.63) is 121 Å². The highest BCUT2D eigenvalue weighted by atomic mass is 15.0. The number of rotatable bonds is 2. The third kappa shape index (κ3) is 2.41. The van der Waals surface area contributed by atoms with Gasteiger partial charge in [0.25, 0.3) is 0 Å². The number of hydrogen-bond donors (Lipinski definition) is 0. The van der Waals surface area contributed by atoms with Crippen molar-refractivity contribution < 1.29 is 0 Å². The fourth-order valence-electron chi connectivity index (χ4n) is 5.52. The van der Waals surface area contributed by atoms with Crippen LogP contribution in [0.25, 0.3) is 38.6 Å². The van der Waals surface area contributed by atoms with E-state index in [9.17, 15) is 0 Å². The van der Waals surface area contributed by atoms with Gasteiger partial charge < -0.3 is 4.57 Å². The highest BCUT2D eigenvalue weighted by Crippen LogP contribution is 2.32. The third-order valence-electron chi connectivity index (χ3n) is 6.85. The SMILES string of the molecule is c1ccc(-c2cccc(B3c4ccccc4-n4c5ccccc5c5cccc3c54)c2)cc1. The maximum Gasteiger partial charge on any atom is 0.246 e. The number of hydrogen-bond acceptors (Lipinski definition) is 0. The van der Waals surface area contributed by atoms with Gasteiger partial charge in [0.2, 0.25) is 6.71 Å². The molecule has 0 amide bonds. The minimum atomic E-state index is 0.204. The second-order valence-corrected chi connectivity index (χ2v) is 8.58. The van der Waals surface area contributed by atoms with Gasteiger partial charge in [0, 0.05) is 22.0 Å². The van der Waals surface area contributed by atoms with E-state index in [1.54, 1.807) is 0 Å². The molecule has 2 heterocycles. The van der Waals surface area contributed by atoms with Crippen molar-refractivity contribution >= 4 is 44.9 Å². The molecule has 0 fully saturated rings. The van der Waals surface area contributed by atoms with Crippen molar-refractivity contribution in [2.75, 3.05) is 0 Å². The quantitative estimate of drug-likeness (QED) is 0.345. The van der Waals surface area contributed by atoms with E-state index in [-0.39, 0.29) is 6.71 Å². The second kappa shape index (κ2) is 6.73. The van der Waals surface area contributed by atoms with Gasteiger partial charge in [-0.3, -0.25) is 0 Å². The zero-order valence-corrected chi connectivity index (χ0v) is 17.6. The van der Waals surface area contributed by atoms with Gasteiger partial charge in [-0.2, -0.15) is 0 Å². The van der Waals surface area contributed by atoms with Crippen LogP contribution in [-0.4, -0.2) is 11.3 Å². The van der Waals surface area contributed by atoms with Gasteiger partial charge >= 0.3 is 0 Å². The summed E-state index contributed by atoms with van der Waals surface area (Å²) in [6.45, 7) is 0.204. The highest BCUT2D eigenvalue weighted by Gasteiger charge is 2.33. The van der Waals surface area contributed by atoms with E-state index >= 15 is 0 Å². The molecule has 7 rings (SSSR count). The molecular weight excluding hydrogens is 385 g/mol. The monoisotopic (exact) mass is 405 g/mol. The molecule has 0 N–H and O–H groups in total. The van der Waals surface area contributed by atoms with E-state index < -0.39 is 0 Å². The van der Waals surface area contributed by atoms with E-state index in [1.807, 2.05) is 0 Å². The van der Waals surface area contributed by atoms with Crippen LogP contribution < -0.4 is 16.4 Å². The van der Waals surface area contributed by atoms with Gasteiger partial charge in [0.15, 0.2) is 0 Å². The first kappa shape index (κ1) is 17.6. The lowest BCUT2D eigenvalue weighted by Gasteiger charge is -2.27. The summed E-state index contributed by atoms with van der Waals surface area (Å²) in [6.07, 6.45) is 0. The van der Waals surface area contributed by atoms with E-state index in [1.165, 1.54) is 55.0 Å². The molecule has 1 aromatic heterocycles. The fourth-order valence-corrected chi connectivity index (χ4v) is 5.52. The van der Waals surface area contributed by atoms with Crippen LogP contribution in [0.4, 0.5) is 0 Å². The van der Waals surface area contributed by atoms with Gasteiger partial charge in [-0.1, -0.05) is 115 Å². The van der Waals surface area contributed by atoms with Crippen LogP contribution in [0, 0.1) is 0 Å². The molecular formula is C30H20BN. The number of fused-ring (bicyclic) bond motifs is 5. The summed E-state index contributed by atoms with van der Waals surface area (Å²) in [6, 6.07) is 44.2. The van der Waals surface area contributed by atoms with Crippen LogP contribution in [0.2, 0.25) is 0 Å². The molecule has 1 nitrogen and oxygen atoms in total. The molecule has 0 unspecified atom stereocenters. The number of aromatic nitrogens is 1. The average molecular weight is 405 g/mol. The first-order chi connectivity index (χ1) is 15.9. The Balaban J connectivity index is 1.56. The topological polar surface area (TPSA) is 4.93 Å². The van der Waals surface area contributed by atoms with Gasteiger partial charge in [0.1, 0.15) is 0 Å². The lowest BCUT2D eigenvalue weighted by atomic mass is 9.35. The Morgan fingerprint density at radius 3 is 2.12 bits per heavy atom. The Labute approximate surface area is 187 Å². The number of para-hydroxylation sites is 3. The molecule has 0 aliphatic carbocycles. The van der Waals surface area contributed by atoms with E-state index in [0.717, 1.165) is 0 Å². The van der Waals surface area contributed by atoms with E-state index in [0.29, 0.717) is 0 Å². The minimum Gasteiger partial charge on any atom is -0.310 e.